The quantitative estimate of drug-likeness (QED) is 0.606. The maximum Gasteiger partial charge on any atom is 0.310 e. The number of halogens is 3. The topological polar surface area (TPSA) is 39.2 Å². The minimum absolute atomic E-state index is 0.0455. The van der Waals surface area contributed by atoms with Crippen LogP contribution in [0, 0.1) is 12.9 Å². The minimum Gasteiger partial charge on any atom is -0.466 e. The standard InChI is InChI=1S/C11H12F3NO2/c1-3-17-9(16)4-7-6(2)11(14)15-5-8(7)10(12)13/h5,10H,3-4H2,1-2H3. The Balaban J connectivity index is 3.10. The number of carbonyl (C=O) groups excluding carboxylic acids is 1. The molecule has 0 aliphatic rings. The molecule has 1 aromatic heterocycles. The van der Waals surface area contributed by atoms with E-state index in [1.807, 2.05) is 0 Å². The first-order valence-corrected chi connectivity index (χ1v) is 5.05. The summed E-state index contributed by atoms with van der Waals surface area (Å²) in [4.78, 5) is 14.5. The average molecular weight is 247 g/mol. The molecule has 17 heavy (non-hydrogen) atoms. The zero-order chi connectivity index (χ0) is 13.0. The summed E-state index contributed by atoms with van der Waals surface area (Å²) in [6.45, 7) is 3.06. The van der Waals surface area contributed by atoms with Crippen molar-refractivity contribution in [3.63, 3.8) is 0 Å². The van der Waals surface area contributed by atoms with Gasteiger partial charge in [-0.05, 0) is 19.4 Å². The van der Waals surface area contributed by atoms with Crippen LogP contribution in [-0.4, -0.2) is 17.6 Å². The maximum absolute atomic E-state index is 13.2. The zero-order valence-corrected chi connectivity index (χ0v) is 9.47. The molecular formula is C11H12F3NO2. The van der Waals surface area contributed by atoms with Crippen LogP contribution in [0.5, 0.6) is 0 Å². The van der Waals surface area contributed by atoms with Gasteiger partial charge in [-0.25, -0.2) is 13.8 Å². The predicted octanol–water partition coefficient (Wildman–Crippen LogP) is 2.57. The van der Waals surface area contributed by atoms with Gasteiger partial charge in [0.15, 0.2) is 0 Å². The summed E-state index contributed by atoms with van der Waals surface area (Å²) >= 11 is 0. The number of rotatable bonds is 4. The van der Waals surface area contributed by atoms with Crippen LogP contribution in [-0.2, 0) is 16.0 Å². The third-order valence-electron chi connectivity index (χ3n) is 2.29. The van der Waals surface area contributed by atoms with E-state index in [0.29, 0.717) is 0 Å². The van der Waals surface area contributed by atoms with Gasteiger partial charge < -0.3 is 4.74 Å². The minimum atomic E-state index is -2.80. The smallest absolute Gasteiger partial charge is 0.310 e. The molecule has 0 aromatic carbocycles. The van der Waals surface area contributed by atoms with E-state index in [1.165, 1.54) is 6.92 Å². The summed E-state index contributed by atoms with van der Waals surface area (Å²) in [5, 5.41) is 0. The van der Waals surface area contributed by atoms with Gasteiger partial charge >= 0.3 is 5.97 Å². The molecule has 0 aliphatic carbocycles. The van der Waals surface area contributed by atoms with Crippen molar-refractivity contribution in [2.24, 2.45) is 0 Å². The highest BCUT2D eigenvalue weighted by Gasteiger charge is 2.20. The molecule has 0 amide bonds. The second-order valence-electron chi connectivity index (χ2n) is 3.39. The van der Waals surface area contributed by atoms with Crippen LogP contribution in [0.2, 0.25) is 0 Å². The van der Waals surface area contributed by atoms with E-state index >= 15 is 0 Å². The molecule has 0 saturated heterocycles. The maximum atomic E-state index is 13.2. The van der Waals surface area contributed by atoms with Crippen molar-refractivity contribution in [1.29, 1.82) is 0 Å². The molecule has 0 unspecified atom stereocenters. The first-order chi connectivity index (χ1) is 7.97. The number of pyridine rings is 1. The predicted molar refractivity (Wildman–Crippen MR) is 54.2 cm³/mol. The molecule has 1 aromatic rings. The van der Waals surface area contributed by atoms with Gasteiger partial charge in [0.25, 0.3) is 6.43 Å². The van der Waals surface area contributed by atoms with Gasteiger partial charge in [0.05, 0.1) is 13.0 Å². The van der Waals surface area contributed by atoms with E-state index in [1.54, 1.807) is 6.92 Å². The van der Waals surface area contributed by atoms with Crippen molar-refractivity contribution < 1.29 is 22.7 Å². The molecule has 0 atom stereocenters. The van der Waals surface area contributed by atoms with E-state index < -0.39 is 23.9 Å². The van der Waals surface area contributed by atoms with Gasteiger partial charge in [-0.15, -0.1) is 0 Å². The van der Waals surface area contributed by atoms with Crippen LogP contribution in [0.4, 0.5) is 13.2 Å². The molecule has 1 heterocycles. The number of ether oxygens (including phenoxy) is 1. The number of alkyl halides is 2. The lowest BCUT2D eigenvalue weighted by molar-refractivity contribution is -0.142. The number of nitrogens with zero attached hydrogens (tertiary/aromatic N) is 1. The lowest BCUT2D eigenvalue weighted by Gasteiger charge is -2.11. The summed E-state index contributed by atoms with van der Waals surface area (Å²) in [5.74, 6) is -1.52. The Morgan fingerprint density at radius 2 is 2.18 bits per heavy atom. The van der Waals surface area contributed by atoms with Crippen LogP contribution in [0.25, 0.3) is 0 Å². The molecule has 0 N–H and O–H groups in total. The van der Waals surface area contributed by atoms with Crippen molar-refractivity contribution in [3.8, 4) is 0 Å². The highest BCUT2D eigenvalue weighted by atomic mass is 19.3. The van der Waals surface area contributed by atoms with Crippen molar-refractivity contribution in [2.75, 3.05) is 6.61 Å². The van der Waals surface area contributed by atoms with Crippen molar-refractivity contribution in [2.45, 2.75) is 26.7 Å². The SMILES string of the molecule is CCOC(=O)Cc1c(C(F)F)cnc(F)c1C. The Bertz CT molecular complexity index is 421. The monoisotopic (exact) mass is 247 g/mol. The highest BCUT2D eigenvalue weighted by Crippen LogP contribution is 2.26. The molecule has 0 radical (unpaired) electrons. The van der Waals surface area contributed by atoms with E-state index in [-0.39, 0.29) is 24.2 Å². The fourth-order valence-corrected chi connectivity index (χ4v) is 1.42. The number of hydrogen-bond acceptors (Lipinski definition) is 3. The van der Waals surface area contributed by atoms with Crippen LogP contribution >= 0.6 is 0 Å². The summed E-state index contributed by atoms with van der Waals surface area (Å²) in [6, 6.07) is 0. The molecule has 0 spiro atoms. The Morgan fingerprint density at radius 1 is 1.53 bits per heavy atom. The summed E-state index contributed by atoms with van der Waals surface area (Å²) < 4.78 is 43.1. The Kier molecular flexibility index (Phi) is 4.48. The van der Waals surface area contributed by atoms with Gasteiger partial charge in [0.2, 0.25) is 5.95 Å². The van der Waals surface area contributed by atoms with Gasteiger partial charge in [0.1, 0.15) is 0 Å². The number of carbonyl (C=O) groups is 1. The second-order valence-corrected chi connectivity index (χ2v) is 3.39. The lowest BCUT2D eigenvalue weighted by atomic mass is 10.0. The molecule has 0 bridgehead atoms. The highest BCUT2D eigenvalue weighted by molar-refractivity contribution is 5.73. The number of aromatic nitrogens is 1. The third-order valence-corrected chi connectivity index (χ3v) is 2.29. The van der Waals surface area contributed by atoms with E-state index in [4.69, 9.17) is 0 Å². The summed E-state index contributed by atoms with van der Waals surface area (Å²) in [5.41, 5.74) is -0.529. The Hall–Kier alpha value is -1.59. The van der Waals surface area contributed by atoms with Crippen LogP contribution in [0.15, 0.2) is 6.20 Å². The van der Waals surface area contributed by atoms with E-state index in [2.05, 4.69) is 9.72 Å². The van der Waals surface area contributed by atoms with Crippen LogP contribution in [0.3, 0.4) is 0 Å². The first-order valence-electron chi connectivity index (χ1n) is 5.05. The van der Waals surface area contributed by atoms with Crippen molar-refractivity contribution >= 4 is 5.97 Å². The molecular weight excluding hydrogens is 235 g/mol. The molecule has 94 valence electrons. The first kappa shape index (κ1) is 13.5. The lowest BCUT2D eigenvalue weighted by Crippen LogP contribution is -2.12. The second kappa shape index (κ2) is 5.65. The van der Waals surface area contributed by atoms with E-state index in [0.717, 1.165) is 6.20 Å². The van der Waals surface area contributed by atoms with Gasteiger partial charge in [-0.1, -0.05) is 0 Å². The Morgan fingerprint density at radius 3 is 2.71 bits per heavy atom. The van der Waals surface area contributed by atoms with Crippen molar-refractivity contribution in [1.82, 2.24) is 4.98 Å². The fourth-order valence-electron chi connectivity index (χ4n) is 1.42. The summed E-state index contributed by atoms with van der Waals surface area (Å²) in [7, 11) is 0. The van der Waals surface area contributed by atoms with Gasteiger partial charge in [0, 0.05) is 17.3 Å². The molecule has 0 saturated carbocycles. The van der Waals surface area contributed by atoms with Crippen LogP contribution < -0.4 is 0 Å². The molecule has 0 aliphatic heterocycles. The zero-order valence-electron chi connectivity index (χ0n) is 9.47. The van der Waals surface area contributed by atoms with Crippen LogP contribution in [0.1, 0.15) is 30.0 Å². The number of esters is 1. The van der Waals surface area contributed by atoms with E-state index in [9.17, 15) is 18.0 Å². The van der Waals surface area contributed by atoms with Gasteiger partial charge in [-0.3, -0.25) is 4.79 Å². The summed E-state index contributed by atoms with van der Waals surface area (Å²) in [6.07, 6.45) is -2.42. The average Bonchev–Trinajstić information content (AvgIpc) is 2.25. The normalized spacial score (nSPS) is 10.7. The van der Waals surface area contributed by atoms with Gasteiger partial charge in [-0.2, -0.15) is 4.39 Å². The number of hydrogen-bond donors (Lipinski definition) is 0. The molecule has 1 rings (SSSR count). The molecule has 3 nitrogen and oxygen atoms in total. The molecule has 6 heteroatoms. The fraction of sp³-hybridized carbons (Fsp3) is 0.455. The van der Waals surface area contributed by atoms with Crippen molar-refractivity contribution in [3.05, 3.63) is 28.8 Å². The Labute approximate surface area is 96.6 Å². The molecule has 0 fully saturated rings. The largest absolute Gasteiger partial charge is 0.466 e. The third kappa shape index (κ3) is 3.18.